The van der Waals surface area contributed by atoms with Crippen LogP contribution in [0.25, 0.3) is 114 Å². The van der Waals surface area contributed by atoms with Crippen LogP contribution >= 0.6 is 11.3 Å². The molecule has 4 nitrogen and oxygen atoms in total. The summed E-state index contributed by atoms with van der Waals surface area (Å²) in [6.07, 6.45) is 0. The third-order valence-corrected chi connectivity index (χ3v) is 14.3. The number of fused-ring (bicyclic) bond motifs is 13. The van der Waals surface area contributed by atoms with Crippen LogP contribution in [0.1, 0.15) is 0 Å². The first-order valence-corrected chi connectivity index (χ1v) is 22.8. The Balaban J connectivity index is 0.961. The minimum absolute atomic E-state index is 0.863. The first kappa shape index (κ1) is 36.1. The van der Waals surface area contributed by atoms with E-state index >= 15 is 0 Å². The number of anilines is 3. The van der Waals surface area contributed by atoms with Crippen molar-refractivity contribution in [3.8, 4) is 27.9 Å². The lowest BCUT2D eigenvalue weighted by atomic mass is 9.98. The number of hydrogen-bond donors (Lipinski definition) is 0. The Morgan fingerprint density at radius 1 is 0.369 bits per heavy atom. The number of hydrogen-bond acceptors (Lipinski definition) is 4. The van der Waals surface area contributed by atoms with Gasteiger partial charge in [-0.3, -0.25) is 0 Å². The van der Waals surface area contributed by atoms with Gasteiger partial charge in [-0.1, -0.05) is 127 Å². The van der Waals surface area contributed by atoms with E-state index in [2.05, 4.69) is 216 Å². The average molecular weight is 849 g/mol. The van der Waals surface area contributed by atoms with E-state index in [-0.39, 0.29) is 0 Å². The van der Waals surface area contributed by atoms with Crippen LogP contribution in [0.2, 0.25) is 0 Å². The molecule has 0 bridgehead atoms. The zero-order chi connectivity index (χ0) is 42.6. The average Bonchev–Trinajstić information content (AvgIpc) is 4.13. The molecule has 0 N–H and O–H groups in total. The van der Waals surface area contributed by atoms with Gasteiger partial charge in [0.25, 0.3) is 0 Å². The van der Waals surface area contributed by atoms with Gasteiger partial charge in [0.15, 0.2) is 0 Å². The maximum Gasteiger partial charge on any atom is 0.145 e. The molecule has 4 heterocycles. The summed E-state index contributed by atoms with van der Waals surface area (Å²) in [6, 6.07) is 78.5. The maximum absolute atomic E-state index is 6.94. The van der Waals surface area contributed by atoms with E-state index in [0.29, 0.717) is 0 Å². The number of nitrogens with zero attached hydrogens (tertiary/aromatic N) is 2. The van der Waals surface area contributed by atoms with Crippen molar-refractivity contribution < 1.29 is 8.83 Å². The van der Waals surface area contributed by atoms with Crippen LogP contribution in [0.15, 0.2) is 227 Å². The molecule has 0 unspecified atom stereocenters. The fraction of sp³-hybridized carbons (Fsp3) is 0. The first-order chi connectivity index (χ1) is 32.2. The van der Waals surface area contributed by atoms with Gasteiger partial charge in [-0.15, -0.1) is 11.3 Å². The molecule has 5 heteroatoms. The fourth-order valence-electron chi connectivity index (χ4n) is 10.2. The summed E-state index contributed by atoms with van der Waals surface area (Å²) in [5.41, 5.74) is 14.6. The van der Waals surface area contributed by atoms with Crippen LogP contribution in [0.3, 0.4) is 0 Å². The highest BCUT2D eigenvalue weighted by molar-refractivity contribution is 7.25. The zero-order valence-corrected chi connectivity index (χ0v) is 35.7. The lowest BCUT2D eigenvalue weighted by molar-refractivity contribution is 0.668. The molecule has 0 spiro atoms. The number of rotatable bonds is 6. The molecule has 65 heavy (non-hydrogen) atoms. The normalized spacial score (nSPS) is 12.0. The highest BCUT2D eigenvalue weighted by Gasteiger charge is 2.24. The summed E-state index contributed by atoms with van der Waals surface area (Å²) in [4.78, 5) is 2.37. The van der Waals surface area contributed by atoms with Crippen LogP contribution in [0.5, 0.6) is 0 Å². The van der Waals surface area contributed by atoms with Crippen LogP contribution in [0.4, 0.5) is 17.1 Å². The quantitative estimate of drug-likeness (QED) is 0.167. The summed E-state index contributed by atoms with van der Waals surface area (Å²) in [6.45, 7) is 0. The van der Waals surface area contributed by atoms with Crippen LogP contribution < -0.4 is 4.90 Å². The molecule has 0 fully saturated rings. The number of aromatic nitrogens is 1. The largest absolute Gasteiger partial charge is 0.456 e. The topological polar surface area (TPSA) is 34.5 Å². The van der Waals surface area contributed by atoms with Crippen LogP contribution in [-0.4, -0.2) is 4.57 Å². The van der Waals surface area contributed by atoms with E-state index < -0.39 is 0 Å². The van der Waals surface area contributed by atoms with Crippen molar-refractivity contribution in [1.82, 2.24) is 4.57 Å². The lowest BCUT2D eigenvalue weighted by Gasteiger charge is -2.26. The number of furan rings is 2. The molecule has 14 rings (SSSR count). The maximum atomic E-state index is 6.94. The van der Waals surface area contributed by atoms with E-state index in [1.165, 1.54) is 42.1 Å². The van der Waals surface area contributed by atoms with Crippen molar-refractivity contribution in [3.63, 3.8) is 0 Å². The molecule has 0 atom stereocenters. The molecule has 0 saturated carbocycles. The number of benzene rings is 10. The first-order valence-electron chi connectivity index (χ1n) is 22.0. The van der Waals surface area contributed by atoms with Crippen LogP contribution in [0, 0.1) is 0 Å². The second-order valence-electron chi connectivity index (χ2n) is 16.8. The van der Waals surface area contributed by atoms with E-state index in [9.17, 15) is 0 Å². The Morgan fingerprint density at radius 3 is 1.77 bits per heavy atom. The second-order valence-corrected chi connectivity index (χ2v) is 17.9. The minimum atomic E-state index is 0.863. The Morgan fingerprint density at radius 2 is 0.969 bits per heavy atom. The molecule has 0 amide bonds. The van der Waals surface area contributed by atoms with Gasteiger partial charge in [0.2, 0.25) is 0 Å². The molecular formula is C60H36N2O2S. The van der Waals surface area contributed by atoms with Gasteiger partial charge in [0.1, 0.15) is 22.3 Å². The third kappa shape index (κ3) is 5.56. The van der Waals surface area contributed by atoms with E-state index in [1.807, 2.05) is 23.5 Å². The van der Waals surface area contributed by atoms with Crippen LogP contribution in [-0.2, 0) is 0 Å². The predicted molar refractivity (Wildman–Crippen MR) is 274 cm³/mol. The molecule has 304 valence electrons. The van der Waals surface area contributed by atoms with Crippen molar-refractivity contribution in [2.45, 2.75) is 0 Å². The Kier molecular flexibility index (Phi) is 7.82. The van der Waals surface area contributed by atoms with E-state index in [1.54, 1.807) is 0 Å². The Labute approximate surface area is 377 Å². The summed E-state index contributed by atoms with van der Waals surface area (Å²) < 4.78 is 18.2. The minimum Gasteiger partial charge on any atom is -0.456 e. The monoisotopic (exact) mass is 848 g/mol. The molecule has 10 aromatic carbocycles. The molecule has 0 radical (unpaired) electrons. The third-order valence-electron chi connectivity index (χ3n) is 13.2. The molecule has 14 aromatic rings. The van der Waals surface area contributed by atoms with Gasteiger partial charge < -0.3 is 18.3 Å². The fourth-order valence-corrected chi connectivity index (χ4v) is 11.3. The smallest absolute Gasteiger partial charge is 0.145 e. The van der Waals surface area contributed by atoms with Crippen molar-refractivity contribution in [2.24, 2.45) is 0 Å². The van der Waals surface area contributed by atoms with Gasteiger partial charge in [-0.25, -0.2) is 0 Å². The van der Waals surface area contributed by atoms with E-state index in [0.717, 1.165) is 88.8 Å². The second kappa shape index (κ2) is 14.1. The van der Waals surface area contributed by atoms with Gasteiger partial charge >= 0.3 is 0 Å². The van der Waals surface area contributed by atoms with Crippen molar-refractivity contribution in [1.29, 1.82) is 0 Å². The summed E-state index contributed by atoms with van der Waals surface area (Å²) in [7, 11) is 0. The molecule has 0 aliphatic carbocycles. The summed E-state index contributed by atoms with van der Waals surface area (Å²) in [5.74, 6) is 0. The highest BCUT2D eigenvalue weighted by atomic mass is 32.1. The predicted octanol–water partition coefficient (Wildman–Crippen LogP) is 17.8. The molecule has 0 aliphatic heterocycles. The SMILES string of the molecule is c1ccc(-c2ccc(N(c3ccc(-c4cc5c6ccccc6n(-c6ccc7oc8ccccc8c7c6)c5c5c4oc4ccccc45)cc3)c3ccc4sc5ccccc5c4c3)cc2)cc1. The Hall–Kier alpha value is -8.38. The van der Waals surface area contributed by atoms with Crippen molar-refractivity contribution in [3.05, 3.63) is 218 Å². The van der Waals surface area contributed by atoms with E-state index in [4.69, 9.17) is 8.83 Å². The molecule has 0 aliphatic rings. The van der Waals surface area contributed by atoms with Gasteiger partial charge in [-0.05, 0) is 108 Å². The summed E-state index contributed by atoms with van der Waals surface area (Å²) >= 11 is 1.84. The Bertz CT molecular complexity index is 4170. The van der Waals surface area contributed by atoms with Gasteiger partial charge in [0.05, 0.1) is 16.4 Å². The molecule has 4 aromatic heterocycles. The molecule has 0 saturated heterocycles. The molecular weight excluding hydrogens is 813 g/mol. The van der Waals surface area contributed by atoms with Crippen molar-refractivity contribution >= 4 is 114 Å². The number of thiophene rings is 1. The summed E-state index contributed by atoms with van der Waals surface area (Å²) in [5, 5.41) is 9.30. The number of para-hydroxylation sites is 3. The van der Waals surface area contributed by atoms with Crippen molar-refractivity contribution in [2.75, 3.05) is 4.90 Å². The zero-order valence-electron chi connectivity index (χ0n) is 34.9. The lowest BCUT2D eigenvalue weighted by Crippen LogP contribution is -2.09. The van der Waals surface area contributed by atoms with Gasteiger partial charge in [-0.2, -0.15) is 0 Å². The highest BCUT2D eigenvalue weighted by Crippen LogP contribution is 2.47. The van der Waals surface area contributed by atoms with Gasteiger partial charge in [0, 0.05) is 75.4 Å². The standard InChI is InChI=1S/C60H36N2O2S/c1-2-12-37(13-3-1)38-22-26-40(27-23-38)61(42-31-33-57-50(35-42)46-16-7-11-21-56(46)65-57)41-28-24-39(25-29-41)48-36-51-44-14-4-8-18-52(44)62(59(51)58-47-17-6-10-20-54(47)64-60(48)58)43-30-32-55-49(34-43)45-15-5-9-19-53(45)63-55/h1-36H.